The lowest BCUT2D eigenvalue weighted by atomic mass is 10.0. The largest absolute Gasteiger partial charge is 0.330 e. The number of thiazole rings is 1. The maximum Gasteiger partial charge on any atom is 0.330 e. The SMILES string of the molecule is CN(C(=O)[C@H](Cc1cc(F)cc(F)c1)NC(=O)NS(=O)(=O)N1CCc2ccccc2C1)c1ccc2scnc2c1. The normalized spacial score (nSPS) is 14.4. The van der Waals surface area contributed by atoms with Gasteiger partial charge in [0.2, 0.25) is 5.91 Å². The zero-order chi connectivity index (χ0) is 28.4. The zero-order valence-electron chi connectivity index (χ0n) is 21.3. The third-order valence-corrected chi connectivity index (χ3v) is 8.90. The van der Waals surface area contributed by atoms with Gasteiger partial charge in [-0.25, -0.2) is 23.3 Å². The standard InChI is InChI=1S/C27H25F2N5O4S2/c1-33(22-6-7-25-23(14-22)30-16-39-25)26(35)24(12-17-10-20(28)13-21(29)11-17)31-27(36)32-40(37,38)34-9-8-18-4-2-3-5-19(18)15-34/h2-7,10-11,13-14,16,24H,8-9,12,15H2,1H3,(H2,31,32,36)/t24-/m0/s1. The number of nitrogens with one attached hydrogen (secondary N) is 2. The molecule has 0 saturated heterocycles. The lowest BCUT2D eigenvalue weighted by molar-refractivity contribution is -0.120. The van der Waals surface area contributed by atoms with E-state index < -0.39 is 39.8 Å². The molecule has 1 aromatic heterocycles. The molecule has 3 aromatic carbocycles. The van der Waals surface area contributed by atoms with Gasteiger partial charge in [0.25, 0.3) is 0 Å². The van der Waals surface area contributed by atoms with Gasteiger partial charge in [0.1, 0.15) is 17.7 Å². The zero-order valence-corrected chi connectivity index (χ0v) is 22.9. The van der Waals surface area contributed by atoms with Crippen LogP contribution in [0.3, 0.4) is 0 Å². The van der Waals surface area contributed by atoms with Crippen molar-refractivity contribution in [2.45, 2.75) is 25.4 Å². The third kappa shape index (κ3) is 6.11. The first-order valence-electron chi connectivity index (χ1n) is 12.3. The summed E-state index contributed by atoms with van der Waals surface area (Å²) in [5, 5.41) is 2.40. The van der Waals surface area contributed by atoms with E-state index in [1.165, 1.54) is 23.3 Å². The first-order chi connectivity index (χ1) is 19.1. The van der Waals surface area contributed by atoms with Crippen LogP contribution >= 0.6 is 11.3 Å². The second-order valence-corrected chi connectivity index (χ2v) is 11.9. The van der Waals surface area contributed by atoms with Crippen LogP contribution in [0.4, 0.5) is 19.3 Å². The lowest BCUT2D eigenvalue weighted by Gasteiger charge is -2.29. The van der Waals surface area contributed by atoms with Crippen molar-refractivity contribution in [3.05, 3.63) is 94.5 Å². The average Bonchev–Trinajstić information content (AvgIpc) is 3.39. The van der Waals surface area contributed by atoms with E-state index in [0.717, 1.165) is 32.3 Å². The number of rotatable bonds is 7. The summed E-state index contributed by atoms with van der Waals surface area (Å²) in [7, 11) is -2.77. The minimum absolute atomic E-state index is 0.0888. The highest BCUT2D eigenvalue weighted by Gasteiger charge is 2.31. The van der Waals surface area contributed by atoms with Crippen molar-refractivity contribution in [3.8, 4) is 0 Å². The number of hydrogen-bond donors (Lipinski definition) is 2. The number of likely N-dealkylation sites (N-methyl/N-ethyl adjacent to an activating group) is 1. The first-order valence-corrected chi connectivity index (χ1v) is 14.6. The van der Waals surface area contributed by atoms with E-state index >= 15 is 0 Å². The highest BCUT2D eigenvalue weighted by molar-refractivity contribution is 7.87. The maximum atomic E-state index is 13.9. The Balaban J connectivity index is 1.35. The Labute approximate surface area is 233 Å². The number of aromatic nitrogens is 1. The van der Waals surface area contributed by atoms with Gasteiger partial charge in [-0.3, -0.25) is 4.79 Å². The van der Waals surface area contributed by atoms with Gasteiger partial charge < -0.3 is 10.2 Å². The quantitative estimate of drug-likeness (QED) is 0.343. The van der Waals surface area contributed by atoms with Crippen molar-refractivity contribution in [3.63, 3.8) is 0 Å². The van der Waals surface area contributed by atoms with Gasteiger partial charge in [-0.05, 0) is 53.4 Å². The Morgan fingerprint density at radius 2 is 1.80 bits per heavy atom. The molecule has 1 aliphatic rings. The number of anilines is 1. The van der Waals surface area contributed by atoms with Crippen molar-refractivity contribution in [1.29, 1.82) is 0 Å². The number of carbonyl (C=O) groups excluding carboxylic acids is 2. The molecular weight excluding hydrogens is 560 g/mol. The van der Waals surface area contributed by atoms with Gasteiger partial charge in [0, 0.05) is 38.3 Å². The van der Waals surface area contributed by atoms with Gasteiger partial charge in [-0.15, -0.1) is 11.3 Å². The van der Waals surface area contributed by atoms with Crippen LogP contribution in [0, 0.1) is 11.6 Å². The molecule has 0 aliphatic carbocycles. The van der Waals surface area contributed by atoms with Crippen molar-refractivity contribution in [2.75, 3.05) is 18.5 Å². The maximum absolute atomic E-state index is 13.9. The molecule has 3 amide bonds. The molecule has 40 heavy (non-hydrogen) atoms. The molecule has 9 nitrogen and oxygen atoms in total. The Bertz CT molecular complexity index is 1680. The minimum atomic E-state index is -4.25. The molecule has 0 radical (unpaired) electrons. The third-order valence-electron chi connectivity index (χ3n) is 6.65. The number of nitrogens with zero attached hydrogens (tertiary/aromatic N) is 3. The number of amides is 3. The van der Waals surface area contributed by atoms with Gasteiger partial charge in [0.05, 0.1) is 15.7 Å². The molecule has 2 N–H and O–H groups in total. The topological polar surface area (TPSA) is 112 Å². The number of fused-ring (bicyclic) bond motifs is 2. The van der Waals surface area contributed by atoms with Crippen LogP contribution in [-0.4, -0.2) is 49.3 Å². The fourth-order valence-corrected chi connectivity index (χ4v) is 6.35. The van der Waals surface area contributed by atoms with Gasteiger partial charge >= 0.3 is 16.2 Å². The molecule has 0 fully saturated rings. The summed E-state index contributed by atoms with van der Waals surface area (Å²) in [5.74, 6) is -2.32. The highest BCUT2D eigenvalue weighted by Crippen LogP contribution is 2.24. The Morgan fingerprint density at radius 1 is 1.07 bits per heavy atom. The summed E-state index contributed by atoms with van der Waals surface area (Å²) in [6.07, 6.45) is 0.195. The van der Waals surface area contributed by atoms with Gasteiger partial charge in [-0.1, -0.05) is 24.3 Å². The second kappa shape index (κ2) is 11.3. The number of hydrogen-bond acceptors (Lipinski definition) is 6. The number of urea groups is 1. The Morgan fingerprint density at radius 3 is 2.55 bits per heavy atom. The Hall–Kier alpha value is -3.94. The van der Waals surface area contributed by atoms with Crippen LogP contribution in [0.15, 0.2) is 66.2 Å². The van der Waals surface area contributed by atoms with Crippen molar-refractivity contribution in [1.82, 2.24) is 19.3 Å². The first kappa shape index (κ1) is 27.6. The van der Waals surface area contributed by atoms with Crippen LogP contribution in [0.25, 0.3) is 10.2 Å². The molecule has 5 rings (SSSR count). The molecule has 1 atom stereocenters. The molecule has 0 unspecified atom stereocenters. The van der Waals surface area contributed by atoms with E-state index in [2.05, 4.69) is 10.3 Å². The number of carbonyl (C=O) groups is 2. The molecule has 2 heterocycles. The van der Waals surface area contributed by atoms with E-state index in [1.807, 2.05) is 29.0 Å². The summed E-state index contributed by atoms with van der Waals surface area (Å²) in [4.78, 5) is 32.0. The van der Waals surface area contributed by atoms with E-state index in [4.69, 9.17) is 0 Å². The molecule has 13 heteroatoms. The van der Waals surface area contributed by atoms with E-state index in [1.54, 1.807) is 23.7 Å². The minimum Gasteiger partial charge on any atom is -0.325 e. The van der Waals surface area contributed by atoms with Gasteiger partial charge in [-0.2, -0.15) is 12.7 Å². The highest BCUT2D eigenvalue weighted by atomic mass is 32.2. The smallest absolute Gasteiger partial charge is 0.325 e. The molecule has 4 aromatic rings. The summed E-state index contributed by atoms with van der Waals surface area (Å²) in [5.41, 5.74) is 4.79. The van der Waals surface area contributed by atoms with Crippen LogP contribution in [0.2, 0.25) is 0 Å². The number of halogens is 2. The van der Waals surface area contributed by atoms with E-state index in [-0.39, 0.29) is 25.1 Å². The van der Waals surface area contributed by atoms with Crippen molar-refractivity contribution in [2.24, 2.45) is 0 Å². The fourth-order valence-electron chi connectivity index (χ4n) is 4.62. The predicted molar refractivity (Wildman–Crippen MR) is 148 cm³/mol. The average molecular weight is 586 g/mol. The van der Waals surface area contributed by atoms with Crippen LogP contribution in [0.5, 0.6) is 0 Å². The van der Waals surface area contributed by atoms with Crippen molar-refractivity contribution >= 4 is 49.4 Å². The summed E-state index contributed by atoms with van der Waals surface area (Å²) < 4.78 is 57.8. The predicted octanol–water partition coefficient (Wildman–Crippen LogP) is 3.75. The molecular formula is C27H25F2N5O4S2. The molecule has 208 valence electrons. The van der Waals surface area contributed by atoms with Crippen LogP contribution in [-0.2, 0) is 34.4 Å². The van der Waals surface area contributed by atoms with Gasteiger partial charge in [0.15, 0.2) is 0 Å². The van der Waals surface area contributed by atoms with Crippen LogP contribution < -0.4 is 14.9 Å². The monoisotopic (exact) mass is 585 g/mol. The number of benzene rings is 3. The molecule has 0 saturated carbocycles. The van der Waals surface area contributed by atoms with E-state index in [0.29, 0.717) is 23.7 Å². The summed E-state index contributed by atoms with van der Waals surface area (Å²) in [6.45, 7) is 0.262. The molecule has 0 spiro atoms. The van der Waals surface area contributed by atoms with E-state index in [9.17, 15) is 26.8 Å². The van der Waals surface area contributed by atoms with Crippen molar-refractivity contribution < 1.29 is 26.8 Å². The lowest BCUT2D eigenvalue weighted by Crippen LogP contribution is -2.55. The fraction of sp³-hybridized carbons (Fsp3) is 0.222. The Kier molecular flexibility index (Phi) is 7.79. The molecule has 1 aliphatic heterocycles. The second-order valence-electron chi connectivity index (χ2n) is 9.37. The molecule has 0 bridgehead atoms. The summed E-state index contributed by atoms with van der Waals surface area (Å²) >= 11 is 1.44. The summed E-state index contributed by atoms with van der Waals surface area (Å²) in [6, 6.07) is 12.9. The van der Waals surface area contributed by atoms with Crippen LogP contribution in [0.1, 0.15) is 16.7 Å².